The number of nitrogens with one attached hydrogen (secondary N) is 1. The molecule has 132 valence electrons. The number of hydrogen-bond donors (Lipinski definition) is 2. The first-order valence-corrected chi connectivity index (χ1v) is 8.07. The van der Waals surface area contributed by atoms with Gasteiger partial charge in [0.2, 0.25) is 0 Å². The van der Waals surface area contributed by atoms with E-state index in [9.17, 15) is 9.90 Å². The molecule has 6 heteroatoms. The van der Waals surface area contributed by atoms with E-state index in [1.807, 2.05) is 48.5 Å². The number of carbonyl (C=O) groups excluding carboxylic acids is 1. The molecule has 1 aliphatic rings. The Bertz CT molecular complexity index is 729. The molecule has 25 heavy (non-hydrogen) atoms. The van der Waals surface area contributed by atoms with E-state index in [1.165, 1.54) is 0 Å². The Morgan fingerprint density at radius 3 is 2.64 bits per heavy atom. The maximum absolute atomic E-state index is 11.4. The second-order valence-corrected chi connectivity index (χ2v) is 5.94. The summed E-state index contributed by atoms with van der Waals surface area (Å²) in [5.74, 6) is 1.50. The Labute approximate surface area is 146 Å². The molecule has 2 aromatic rings. The molecule has 6 nitrogen and oxygen atoms in total. The molecule has 0 aliphatic carbocycles. The summed E-state index contributed by atoms with van der Waals surface area (Å²) in [6, 6.07) is 14.7. The number of carbonyl (C=O) groups is 1. The number of benzene rings is 2. The minimum Gasteiger partial charge on any atom is -0.497 e. The van der Waals surface area contributed by atoms with Crippen molar-refractivity contribution in [1.82, 2.24) is 5.32 Å². The summed E-state index contributed by atoms with van der Waals surface area (Å²) in [6.07, 6.45) is -1.88. The Balaban J connectivity index is 1.65. The molecule has 3 rings (SSSR count). The Morgan fingerprint density at radius 2 is 1.96 bits per heavy atom. The molecule has 2 aromatic carbocycles. The molecule has 3 atom stereocenters. The predicted molar refractivity (Wildman–Crippen MR) is 91.6 cm³/mol. The van der Waals surface area contributed by atoms with Gasteiger partial charge in [-0.1, -0.05) is 24.3 Å². The second kappa shape index (κ2) is 7.44. The van der Waals surface area contributed by atoms with E-state index in [4.69, 9.17) is 14.2 Å². The van der Waals surface area contributed by atoms with E-state index < -0.39 is 18.3 Å². The van der Waals surface area contributed by atoms with Crippen LogP contribution >= 0.6 is 0 Å². The number of cyclic esters (lactones) is 1. The van der Waals surface area contributed by atoms with Crippen molar-refractivity contribution in [3.05, 3.63) is 59.7 Å². The van der Waals surface area contributed by atoms with Crippen molar-refractivity contribution in [3.8, 4) is 11.5 Å². The summed E-state index contributed by atoms with van der Waals surface area (Å²) in [7, 11) is 1.63. The van der Waals surface area contributed by atoms with Crippen LogP contribution in [-0.2, 0) is 11.3 Å². The topological polar surface area (TPSA) is 77.0 Å². The molecule has 1 amide bonds. The highest BCUT2D eigenvalue weighted by molar-refractivity contribution is 5.71. The Morgan fingerprint density at radius 1 is 1.20 bits per heavy atom. The number of ether oxygens (including phenoxy) is 3. The first-order valence-electron chi connectivity index (χ1n) is 8.07. The molecular weight excluding hydrogens is 322 g/mol. The maximum Gasteiger partial charge on any atom is 0.408 e. The number of methoxy groups -OCH3 is 1. The van der Waals surface area contributed by atoms with Crippen molar-refractivity contribution < 1.29 is 24.1 Å². The number of hydrogen-bond acceptors (Lipinski definition) is 5. The van der Waals surface area contributed by atoms with Crippen LogP contribution in [0, 0.1) is 0 Å². The molecule has 2 N–H and O–H groups in total. The van der Waals surface area contributed by atoms with Gasteiger partial charge in [0, 0.05) is 0 Å². The van der Waals surface area contributed by atoms with Gasteiger partial charge in [0.05, 0.1) is 19.3 Å². The highest BCUT2D eigenvalue weighted by atomic mass is 16.6. The lowest BCUT2D eigenvalue weighted by atomic mass is 9.99. The molecule has 0 bridgehead atoms. The van der Waals surface area contributed by atoms with Crippen LogP contribution in [0.3, 0.4) is 0 Å². The van der Waals surface area contributed by atoms with Crippen molar-refractivity contribution in [2.24, 2.45) is 0 Å². The third-order valence-electron chi connectivity index (χ3n) is 4.10. The minimum atomic E-state index is -0.757. The van der Waals surface area contributed by atoms with Crippen molar-refractivity contribution >= 4 is 6.09 Å². The van der Waals surface area contributed by atoms with Crippen molar-refractivity contribution in [1.29, 1.82) is 0 Å². The lowest BCUT2D eigenvalue weighted by Gasteiger charge is -2.19. The molecule has 1 saturated heterocycles. The fourth-order valence-corrected chi connectivity index (χ4v) is 2.79. The molecular formula is C19H21NO5. The average Bonchev–Trinajstić information content (AvgIpc) is 3.03. The molecule has 1 fully saturated rings. The third-order valence-corrected chi connectivity index (χ3v) is 4.10. The van der Waals surface area contributed by atoms with Crippen LogP contribution in [0.15, 0.2) is 48.5 Å². The first kappa shape index (κ1) is 17.1. The number of rotatable bonds is 6. The molecule has 1 heterocycles. The summed E-state index contributed by atoms with van der Waals surface area (Å²) < 4.78 is 16.1. The monoisotopic (exact) mass is 343 g/mol. The van der Waals surface area contributed by atoms with E-state index in [0.717, 1.165) is 16.9 Å². The molecule has 0 spiro atoms. The van der Waals surface area contributed by atoms with Gasteiger partial charge in [-0.25, -0.2) is 4.79 Å². The number of amides is 1. The number of aliphatic hydroxyl groups excluding tert-OH is 1. The van der Waals surface area contributed by atoms with E-state index in [-0.39, 0.29) is 6.04 Å². The summed E-state index contributed by atoms with van der Waals surface area (Å²) in [5.41, 5.74) is 1.86. The standard InChI is InChI=1S/C19H21NO5/c1-12(21)18-17(20-19(22)25-18)14-6-8-15(9-7-14)24-11-13-4-3-5-16(10-13)23-2/h3-10,12,17-18,21H,11H2,1-2H3,(H,20,22). The largest absolute Gasteiger partial charge is 0.497 e. The average molecular weight is 343 g/mol. The van der Waals surface area contributed by atoms with Crippen molar-refractivity contribution in [2.45, 2.75) is 31.8 Å². The summed E-state index contributed by atoms with van der Waals surface area (Å²) in [4.78, 5) is 11.4. The number of aliphatic hydroxyl groups is 1. The van der Waals surface area contributed by atoms with Gasteiger partial charge < -0.3 is 24.6 Å². The molecule has 0 radical (unpaired) electrons. The van der Waals surface area contributed by atoms with Crippen molar-refractivity contribution in [3.63, 3.8) is 0 Å². The Hall–Kier alpha value is -2.73. The highest BCUT2D eigenvalue weighted by Crippen LogP contribution is 2.28. The van der Waals surface area contributed by atoms with Crippen LogP contribution in [0.4, 0.5) is 4.79 Å². The molecule has 3 unspecified atom stereocenters. The van der Waals surface area contributed by atoms with Gasteiger partial charge in [0.25, 0.3) is 0 Å². The summed E-state index contributed by atoms with van der Waals surface area (Å²) in [5, 5.41) is 12.5. The molecule has 0 aromatic heterocycles. The summed E-state index contributed by atoms with van der Waals surface area (Å²) in [6.45, 7) is 2.03. The van der Waals surface area contributed by atoms with Crippen molar-refractivity contribution in [2.75, 3.05) is 7.11 Å². The van der Waals surface area contributed by atoms with E-state index in [1.54, 1.807) is 14.0 Å². The maximum atomic E-state index is 11.4. The van der Waals surface area contributed by atoms with Crippen LogP contribution in [0.25, 0.3) is 0 Å². The zero-order valence-electron chi connectivity index (χ0n) is 14.1. The van der Waals surface area contributed by atoms with Gasteiger partial charge in [-0.3, -0.25) is 0 Å². The first-order chi connectivity index (χ1) is 12.1. The summed E-state index contributed by atoms with van der Waals surface area (Å²) >= 11 is 0. The van der Waals surface area contributed by atoms with Crippen LogP contribution in [-0.4, -0.2) is 30.5 Å². The number of alkyl carbamates (subject to hydrolysis) is 1. The van der Waals surface area contributed by atoms with Crippen LogP contribution < -0.4 is 14.8 Å². The Kier molecular flexibility index (Phi) is 5.09. The van der Waals surface area contributed by atoms with E-state index in [0.29, 0.717) is 12.4 Å². The zero-order valence-corrected chi connectivity index (χ0v) is 14.1. The fraction of sp³-hybridized carbons (Fsp3) is 0.316. The second-order valence-electron chi connectivity index (χ2n) is 5.94. The van der Waals surface area contributed by atoms with Gasteiger partial charge in [0.1, 0.15) is 18.1 Å². The van der Waals surface area contributed by atoms with Gasteiger partial charge in [-0.15, -0.1) is 0 Å². The van der Waals surface area contributed by atoms with Gasteiger partial charge in [-0.2, -0.15) is 0 Å². The van der Waals surface area contributed by atoms with Gasteiger partial charge in [0.15, 0.2) is 6.10 Å². The lowest BCUT2D eigenvalue weighted by molar-refractivity contribution is 0.0293. The third kappa shape index (κ3) is 4.03. The van der Waals surface area contributed by atoms with Gasteiger partial charge in [-0.05, 0) is 42.3 Å². The fourth-order valence-electron chi connectivity index (χ4n) is 2.79. The quantitative estimate of drug-likeness (QED) is 0.843. The van der Waals surface area contributed by atoms with Crippen LogP contribution in [0.5, 0.6) is 11.5 Å². The van der Waals surface area contributed by atoms with Gasteiger partial charge >= 0.3 is 6.09 Å². The van der Waals surface area contributed by atoms with Crippen LogP contribution in [0.2, 0.25) is 0 Å². The zero-order chi connectivity index (χ0) is 17.8. The van der Waals surface area contributed by atoms with E-state index in [2.05, 4.69) is 5.32 Å². The smallest absolute Gasteiger partial charge is 0.408 e. The highest BCUT2D eigenvalue weighted by Gasteiger charge is 2.38. The minimum absolute atomic E-state index is 0.375. The van der Waals surface area contributed by atoms with Crippen LogP contribution in [0.1, 0.15) is 24.1 Å². The normalized spacial score (nSPS) is 20.5. The SMILES string of the molecule is COc1cccc(COc2ccc(C3NC(=O)OC3C(C)O)cc2)c1. The lowest BCUT2D eigenvalue weighted by Crippen LogP contribution is -2.30. The predicted octanol–water partition coefficient (Wildman–Crippen LogP) is 2.80. The van der Waals surface area contributed by atoms with E-state index >= 15 is 0 Å². The molecule has 0 saturated carbocycles. The molecule has 1 aliphatic heterocycles.